The van der Waals surface area contributed by atoms with Crippen molar-refractivity contribution in [3.8, 4) is 0 Å². The van der Waals surface area contributed by atoms with Crippen LogP contribution in [0.3, 0.4) is 0 Å². The summed E-state index contributed by atoms with van der Waals surface area (Å²) < 4.78 is 0. The molecule has 2 aliphatic rings. The van der Waals surface area contributed by atoms with E-state index in [1.54, 1.807) is 0 Å². The van der Waals surface area contributed by atoms with Crippen LogP contribution in [0.1, 0.15) is 52.4 Å². The van der Waals surface area contributed by atoms with E-state index >= 15 is 0 Å². The van der Waals surface area contributed by atoms with Crippen molar-refractivity contribution in [1.29, 1.82) is 0 Å². The molecule has 0 aromatic rings. The fourth-order valence-electron chi connectivity index (χ4n) is 3.31. The SMILES string of the molecule is CC1(C)CN(CC2CCCCCC2)CCN1. The number of hydrogen-bond donors (Lipinski definition) is 1. The molecular formula is C14H28N2. The molecular weight excluding hydrogens is 196 g/mol. The number of nitrogens with zero attached hydrogens (tertiary/aromatic N) is 1. The smallest absolute Gasteiger partial charge is 0.0252 e. The Morgan fingerprint density at radius 2 is 1.81 bits per heavy atom. The van der Waals surface area contributed by atoms with Crippen molar-refractivity contribution in [3.63, 3.8) is 0 Å². The van der Waals surface area contributed by atoms with Crippen LogP contribution in [0.25, 0.3) is 0 Å². The van der Waals surface area contributed by atoms with Crippen LogP contribution in [0.15, 0.2) is 0 Å². The lowest BCUT2D eigenvalue weighted by Gasteiger charge is -2.40. The van der Waals surface area contributed by atoms with Gasteiger partial charge in [-0.2, -0.15) is 0 Å². The van der Waals surface area contributed by atoms with Gasteiger partial charge in [0.15, 0.2) is 0 Å². The first kappa shape index (κ1) is 12.4. The molecule has 1 aliphatic carbocycles. The van der Waals surface area contributed by atoms with Crippen molar-refractivity contribution in [3.05, 3.63) is 0 Å². The Bertz CT molecular complexity index is 205. The zero-order chi connectivity index (χ0) is 11.4. The number of rotatable bonds is 2. The number of hydrogen-bond acceptors (Lipinski definition) is 2. The third-order valence-corrected chi connectivity index (χ3v) is 4.14. The van der Waals surface area contributed by atoms with Crippen LogP contribution in [0, 0.1) is 5.92 Å². The molecule has 1 saturated carbocycles. The Hall–Kier alpha value is -0.0800. The summed E-state index contributed by atoms with van der Waals surface area (Å²) in [6.07, 6.45) is 8.85. The van der Waals surface area contributed by atoms with Crippen molar-refractivity contribution in [2.75, 3.05) is 26.2 Å². The summed E-state index contributed by atoms with van der Waals surface area (Å²) >= 11 is 0. The van der Waals surface area contributed by atoms with Crippen LogP contribution < -0.4 is 5.32 Å². The Morgan fingerprint density at radius 3 is 2.44 bits per heavy atom. The second-order valence-electron chi connectivity index (χ2n) is 6.40. The van der Waals surface area contributed by atoms with E-state index < -0.39 is 0 Å². The molecule has 1 aliphatic heterocycles. The number of piperazine rings is 1. The second-order valence-corrected chi connectivity index (χ2v) is 6.40. The maximum atomic E-state index is 3.60. The normalized spacial score (nSPS) is 28.9. The second kappa shape index (κ2) is 5.50. The first-order valence-electron chi connectivity index (χ1n) is 7.13. The monoisotopic (exact) mass is 224 g/mol. The van der Waals surface area contributed by atoms with Gasteiger partial charge in [0.1, 0.15) is 0 Å². The van der Waals surface area contributed by atoms with Gasteiger partial charge >= 0.3 is 0 Å². The summed E-state index contributed by atoms with van der Waals surface area (Å²) in [6, 6.07) is 0. The van der Waals surface area contributed by atoms with Gasteiger partial charge in [-0.25, -0.2) is 0 Å². The van der Waals surface area contributed by atoms with E-state index in [-0.39, 0.29) is 0 Å². The summed E-state index contributed by atoms with van der Waals surface area (Å²) in [5.74, 6) is 0.983. The van der Waals surface area contributed by atoms with Crippen molar-refractivity contribution < 1.29 is 0 Å². The third kappa shape index (κ3) is 3.74. The Balaban J connectivity index is 1.79. The van der Waals surface area contributed by atoms with E-state index in [4.69, 9.17) is 0 Å². The predicted octanol–water partition coefficient (Wildman–Crippen LogP) is 2.64. The van der Waals surface area contributed by atoms with E-state index in [0.717, 1.165) is 5.92 Å². The first-order valence-corrected chi connectivity index (χ1v) is 7.13. The third-order valence-electron chi connectivity index (χ3n) is 4.14. The largest absolute Gasteiger partial charge is 0.309 e. The first-order chi connectivity index (χ1) is 7.66. The molecule has 0 aromatic carbocycles. The van der Waals surface area contributed by atoms with Crippen molar-refractivity contribution in [2.45, 2.75) is 57.9 Å². The molecule has 16 heavy (non-hydrogen) atoms. The topological polar surface area (TPSA) is 15.3 Å². The van der Waals surface area contributed by atoms with Gasteiger partial charge < -0.3 is 5.32 Å². The van der Waals surface area contributed by atoms with Gasteiger partial charge in [-0.05, 0) is 32.6 Å². The lowest BCUT2D eigenvalue weighted by Crippen LogP contribution is -2.57. The van der Waals surface area contributed by atoms with E-state index in [1.807, 2.05) is 0 Å². The lowest BCUT2D eigenvalue weighted by molar-refractivity contribution is 0.131. The Kier molecular flexibility index (Phi) is 4.26. The fourth-order valence-corrected chi connectivity index (χ4v) is 3.31. The fraction of sp³-hybridized carbons (Fsp3) is 1.00. The molecule has 94 valence electrons. The zero-order valence-electron chi connectivity index (χ0n) is 11.1. The maximum Gasteiger partial charge on any atom is 0.0252 e. The van der Waals surface area contributed by atoms with Crippen molar-refractivity contribution in [1.82, 2.24) is 10.2 Å². The van der Waals surface area contributed by atoms with Crippen LogP contribution in [0.4, 0.5) is 0 Å². The van der Waals surface area contributed by atoms with Crippen molar-refractivity contribution >= 4 is 0 Å². The van der Waals surface area contributed by atoms with Gasteiger partial charge in [0, 0.05) is 31.7 Å². The van der Waals surface area contributed by atoms with Gasteiger partial charge in [0.05, 0.1) is 0 Å². The minimum absolute atomic E-state index is 0.322. The molecule has 0 bridgehead atoms. The summed E-state index contributed by atoms with van der Waals surface area (Å²) in [7, 11) is 0. The predicted molar refractivity (Wildman–Crippen MR) is 69.7 cm³/mol. The van der Waals surface area contributed by atoms with Crippen LogP contribution >= 0.6 is 0 Å². The highest BCUT2D eigenvalue weighted by atomic mass is 15.2. The van der Waals surface area contributed by atoms with Gasteiger partial charge in [-0.1, -0.05) is 25.7 Å². The zero-order valence-corrected chi connectivity index (χ0v) is 11.1. The average molecular weight is 224 g/mol. The van der Waals surface area contributed by atoms with Crippen molar-refractivity contribution in [2.24, 2.45) is 5.92 Å². The highest BCUT2D eigenvalue weighted by Gasteiger charge is 2.27. The molecule has 2 heteroatoms. The van der Waals surface area contributed by atoms with Gasteiger partial charge in [-0.15, -0.1) is 0 Å². The lowest BCUT2D eigenvalue weighted by atomic mass is 9.96. The minimum Gasteiger partial charge on any atom is -0.309 e. The summed E-state index contributed by atoms with van der Waals surface area (Å²) in [6.45, 7) is 9.65. The molecule has 0 amide bonds. The Labute approximate surface area is 101 Å². The molecule has 2 rings (SSSR count). The molecule has 1 saturated heterocycles. The molecule has 0 unspecified atom stereocenters. The highest BCUT2D eigenvalue weighted by molar-refractivity contribution is 4.87. The molecule has 1 heterocycles. The van der Waals surface area contributed by atoms with Crippen LogP contribution in [0.5, 0.6) is 0 Å². The van der Waals surface area contributed by atoms with E-state index in [9.17, 15) is 0 Å². The maximum absolute atomic E-state index is 3.60. The number of nitrogens with one attached hydrogen (secondary N) is 1. The molecule has 0 atom stereocenters. The summed E-state index contributed by atoms with van der Waals surface area (Å²) in [5.41, 5.74) is 0.322. The molecule has 2 fully saturated rings. The van der Waals surface area contributed by atoms with Gasteiger partial charge in [0.25, 0.3) is 0 Å². The molecule has 0 spiro atoms. The van der Waals surface area contributed by atoms with Gasteiger partial charge in [-0.3, -0.25) is 4.90 Å². The summed E-state index contributed by atoms with van der Waals surface area (Å²) in [4.78, 5) is 2.69. The Morgan fingerprint density at radius 1 is 1.12 bits per heavy atom. The summed E-state index contributed by atoms with van der Waals surface area (Å²) in [5, 5.41) is 3.60. The molecule has 1 N–H and O–H groups in total. The average Bonchev–Trinajstić information content (AvgIpc) is 2.45. The van der Waals surface area contributed by atoms with E-state index in [2.05, 4.69) is 24.1 Å². The standard InChI is InChI=1S/C14H28N2/c1-14(2)12-16(10-9-15-14)11-13-7-5-3-4-6-8-13/h13,15H,3-12H2,1-2H3. The quantitative estimate of drug-likeness (QED) is 0.725. The van der Waals surface area contributed by atoms with Crippen LogP contribution in [-0.2, 0) is 0 Å². The van der Waals surface area contributed by atoms with Crippen LogP contribution in [-0.4, -0.2) is 36.6 Å². The van der Waals surface area contributed by atoms with Crippen LogP contribution in [0.2, 0.25) is 0 Å². The molecule has 2 nitrogen and oxygen atoms in total. The van der Waals surface area contributed by atoms with E-state index in [0.29, 0.717) is 5.54 Å². The van der Waals surface area contributed by atoms with Gasteiger partial charge in [0.2, 0.25) is 0 Å². The minimum atomic E-state index is 0.322. The highest BCUT2D eigenvalue weighted by Crippen LogP contribution is 2.24. The molecule has 0 aromatic heterocycles. The molecule has 0 radical (unpaired) electrons. The van der Waals surface area contributed by atoms with E-state index in [1.165, 1.54) is 64.7 Å².